The molecule has 0 aromatic heterocycles. The van der Waals surface area contributed by atoms with Gasteiger partial charge < -0.3 is 0 Å². The second-order valence-electron chi connectivity index (χ2n) is 8.66. The summed E-state index contributed by atoms with van der Waals surface area (Å²) in [5, 5.41) is 0. The van der Waals surface area contributed by atoms with Crippen molar-refractivity contribution in [2.75, 3.05) is 0 Å². The van der Waals surface area contributed by atoms with Crippen LogP contribution in [-0.4, -0.2) is 0 Å². The molecule has 0 aliphatic carbocycles. The third-order valence-electron chi connectivity index (χ3n) is 6.02. The molecular weight excluding hydrogens is 384 g/mol. The molecular formula is C32H32. The molecule has 0 saturated carbocycles. The van der Waals surface area contributed by atoms with E-state index in [1.54, 1.807) is 0 Å². The summed E-state index contributed by atoms with van der Waals surface area (Å²) in [4.78, 5) is 0. The summed E-state index contributed by atoms with van der Waals surface area (Å²) in [6, 6.07) is 43.5. The van der Waals surface area contributed by atoms with Crippen molar-refractivity contribution in [1.29, 1.82) is 0 Å². The fraction of sp³-hybridized carbons (Fsp3) is 0.188. The minimum Gasteiger partial charge on any atom is -0.0845 e. The van der Waals surface area contributed by atoms with Gasteiger partial charge in [-0.15, -0.1) is 0 Å². The van der Waals surface area contributed by atoms with Crippen molar-refractivity contribution in [3.63, 3.8) is 0 Å². The van der Waals surface area contributed by atoms with Gasteiger partial charge in [0, 0.05) is 0 Å². The molecule has 0 atom stereocenters. The van der Waals surface area contributed by atoms with Gasteiger partial charge in [0.2, 0.25) is 0 Å². The van der Waals surface area contributed by atoms with Crippen molar-refractivity contribution < 1.29 is 0 Å². The standard InChI is InChI=1S/C32H32/c1-5-13-27(14-6-1)23-31(24-28-15-7-2-8-16-28)21-22-32(25-29-17-9-3-10-18-29)26-30-19-11-4-12-20-30/h1-22,31-32H,23-26H2/b22-21+. The Morgan fingerprint density at radius 1 is 0.344 bits per heavy atom. The molecule has 160 valence electrons. The fourth-order valence-corrected chi connectivity index (χ4v) is 4.40. The first-order chi connectivity index (χ1) is 15.8. The molecule has 32 heavy (non-hydrogen) atoms. The third kappa shape index (κ3) is 7.10. The molecule has 0 unspecified atom stereocenters. The van der Waals surface area contributed by atoms with Gasteiger partial charge in [0.05, 0.1) is 0 Å². The summed E-state index contributed by atoms with van der Waals surface area (Å²) in [6.07, 6.45) is 9.23. The summed E-state index contributed by atoms with van der Waals surface area (Å²) < 4.78 is 0. The van der Waals surface area contributed by atoms with Crippen LogP contribution in [0.2, 0.25) is 0 Å². The van der Waals surface area contributed by atoms with Gasteiger partial charge in [0.15, 0.2) is 0 Å². The van der Waals surface area contributed by atoms with E-state index < -0.39 is 0 Å². The van der Waals surface area contributed by atoms with Crippen LogP contribution in [0, 0.1) is 11.8 Å². The molecule has 0 fully saturated rings. The monoisotopic (exact) mass is 416 g/mol. The first-order valence-electron chi connectivity index (χ1n) is 11.7. The molecule has 0 bridgehead atoms. The average molecular weight is 417 g/mol. The van der Waals surface area contributed by atoms with Crippen LogP contribution < -0.4 is 0 Å². The van der Waals surface area contributed by atoms with Crippen LogP contribution in [0.1, 0.15) is 22.3 Å². The van der Waals surface area contributed by atoms with E-state index in [1.807, 2.05) is 0 Å². The lowest BCUT2D eigenvalue weighted by Gasteiger charge is -2.17. The van der Waals surface area contributed by atoms with E-state index >= 15 is 0 Å². The Kier molecular flexibility index (Phi) is 8.09. The quantitative estimate of drug-likeness (QED) is 0.232. The second kappa shape index (κ2) is 11.9. The van der Waals surface area contributed by atoms with Crippen LogP contribution in [0.5, 0.6) is 0 Å². The van der Waals surface area contributed by atoms with Crippen molar-refractivity contribution in [3.05, 3.63) is 156 Å². The van der Waals surface area contributed by atoms with Crippen LogP contribution in [0.25, 0.3) is 0 Å². The largest absolute Gasteiger partial charge is 0.0845 e. The predicted molar refractivity (Wildman–Crippen MR) is 137 cm³/mol. The van der Waals surface area contributed by atoms with Crippen molar-refractivity contribution in [2.45, 2.75) is 25.7 Å². The molecule has 0 amide bonds. The highest BCUT2D eigenvalue weighted by atomic mass is 14.2. The highest BCUT2D eigenvalue weighted by molar-refractivity contribution is 5.23. The molecule has 0 spiro atoms. The zero-order valence-electron chi connectivity index (χ0n) is 18.7. The Hall–Kier alpha value is -3.38. The fourth-order valence-electron chi connectivity index (χ4n) is 4.40. The van der Waals surface area contributed by atoms with Gasteiger partial charge in [-0.2, -0.15) is 0 Å². The van der Waals surface area contributed by atoms with Gasteiger partial charge in [-0.1, -0.05) is 133 Å². The van der Waals surface area contributed by atoms with Gasteiger partial charge in [0.1, 0.15) is 0 Å². The maximum atomic E-state index is 2.48. The molecule has 4 aromatic carbocycles. The summed E-state index contributed by atoms with van der Waals surface area (Å²) >= 11 is 0. The second-order valence-corrected chi connectivity index (χ2v) is 8.66. The third-order valence-corrected chi connectivity index (χ3v) is 6.02. The molecule has 0 aliphatic heterocycles. The molecule has 4 rings (SSSR count). The zero-order chi connectivity index (χ0) is 21.8. The van der Waals surface area contributed by atoms with Crippen LogP contribution in [0.4, 0.5) is 0 Å². The average Bonchev–Trinajstić information content (AvgIpc) is 2.85. The molecule has 0 saturated heterocycles. The van der Waals surface area contributed by atoms with Gasteiger partial charge >= 0.3 is 0 Å². The van der Waals surface area contributed by atoms with Crippen LogP contribution in [0.3, 0.4) is 0 Å². The van der Waals surface area contributed by atoms with E-state index in [-0.39, 0.29) is 0 Å². The maximum Gasteiger partial charge on any atom is -0.0152 e. The molecule has 0 N–H and O–H groups in total. The molecule has 0 aliphatic rings. The van der Waals surface area contributed by atoms with E-state index in [9.17, 15) is 0 Å². The molecule has 0 nitrogen and oxygen atoms in total. The highest BCUT2D eigenvalue weighted by Crippen LogP contribution is 2.21. The van der Waals surface area contributed by atoms with E-state index in [2.05, 4.69) is 133 Å². The van der Waals surface area contributed by atoms with Crippen molar-refractivity contribution in [2.24, 2.45) is 11.8 Å². The Balaban J connectivity index is 1.54. The van der Waals surface area contributed by atoms with E-state index in [0.29, 0.717) is 11.8 Å². The highest BCUT2D eigenvalue weighted by Gasteiger charge is 2.12. The molecule has 0 heterocycles. The minimum absolute atomic E-state index is 0.480. The Labute approximate surface area is 193 Å². The van der Waals surface area contributed by atoms with Gasteiger partial charge in [-0.25, -0.2) is 0 Å². The molecule has 0 radical (unpaired) electrons. The normalized spacial score (nSPS) is 11.4. The maximum absolute atomic E-state index is 2.48. The summed E-state index contributed by atoms with van der Waals surface area (Å²) in [5.74, 6) is 0.961. The van der Waals surface area contributed by atoms with Gasteiger partial charge in [-0.3, -0.25) is 0 Å². The smallest absolute Gasteiger partial charge is 0.0152 e. The van der Waals surface area contributed by atoms with Crippen molar-refractivity contribution >= 4 is 0 Å². The number of hydrogen-bond acceptors (Lipinski definition) is 0. The van der Waals surface area contributed by atoms with Crippen LogP contribution in [0.15, 0.2) is 133 Å². The van der Waals surface area contributed by atoms with Crippen molar-refractivity contribution in [1.82, 2.24) is 0 Å². The Morgan fingerprint density at radius 3 is 0.781 bits per heavy atom. The minimum atomic E-state index is 0.480. The van der Waals surface area contributed by atoms with Gasteiger partial charge in [0.25, 0.3) is 0 Å². The molecule has 4 aromatic rings. The molecule has 0 heteroatoms. The Morgan fingerprint density at radius 2 is 0.562 bits per heavy atom. The van der Waals surface area contributed by atoms with Gasteiger partial charge in [-0.05, 0) is 59.8 Å². The summed E-state index contributed by atoms with van der Waals surface area (Å²) in [7, 11) is 0. The SMILES string of the molecule is C(=C\C(Cc1ccccc1)Cc1ccccc1)/C(Cc1ccccc1)Cc1ccccc1. The first kappa shape index (κ1) is 21.8. The lowest BCUT2D eigenvalue weighted by molar-refractivity contribution is 0.607. The lowest BCUT2D eigenvalue weighted by atomic mass is 9.88. The van der Waals surface area contributed by atoms with E-state index in [4.69, 9.17) is 0 Å². The van der Waals surface area contributed by atoms with Crippen LogP contribution >= 0.6 is 0 Å². The Bertz CT molecular complexity index is 878. The van der Waals surface area contributed by atoms with E-state index in [0.717, 1.165) is 25.7 Å². The number of hydrogen-bond donors (Lipinski definition) is 0. The van der Waals surface area contributed by atoms with Crippen molar-refractivity contribution in [3.8, 4) is 0 Å². The van der Waals surface area contributed by atoms with Crippen LogP contribution in [-0.2, 0) is 25.7 Å². The first-order valence-corrected chi connectivity index (χ1v) is 11.7. The predicted octanol–water partition coefficient (Wildman–Crippen LogP) is 7.75. The lowest BCUT2D eigenvalue weighted by Crippen LogP contribution is -2.09. The number of rotatable bonds is 10. The number of allylic oxidation sites excluding steroid dienone is 2. The topological polar surface area (TPSA) is 0 Å². The number of benzene rings is 4. The summed E-state index contributed by atoms with van der Waals surface area (Å²) in [5.41, 5.74) is 5.61. The zero-order valence-corrected chi connectivity index (χ0v) is 18.7. The summed E-state index contributed by atoms with van der Waals surface area (Å²) in [6.45, 7) is 0. The van der Waals surface area contributed by atoms with E-state index in [1.165, 1.54) is 22.3 Å².